The summed E-state index contributed by atoms with van der Waals surface area (Å²) in [5, 5.41) is 6.05. The number of aromatic nitrogens is 1. The maximum Gasteiger partial charge on any atom is 0.270 e. The summed E-state index contributed by atoms with van der Waals surface area (Å²) in [4.78, 5) is 16.0. The highest BCUT2D eigenvalue weighted by atomic mass is 16.5. The Bertz CT molecular complexity index is 382. The summed E-state index contributed by atoms with van der Waals surface area (Å²) in [7, 11) is 1.61. The normalized spacial score (nSPS) is 11.9. The van der Waals surface area contributed by atoms with Gasteiger partial charge in [0.15, 0.2) is 0 Å². The predicted octanol–water partition coefficient (Wildman–Crippen LogP) is 1.67. The molecule has 0 aliphatic heterocycles. The van der Waals surface area contributed by atoms with E-state index in [4.69, 9.17) is 4.74 Å². The number of hydrogen-bond donors (Lipinski definition) is 2. The summed E-state index contributed by atoms with van der Waals surface area (Å²) < 4.78 is 4.97. The molecule has 0 radical (unpaired) electrons. The molecular weight excluding hydrogens is 230 g/mol. The number of hydrogen-bond acceptors (Lipinski definition) is 4. The lowest BCUT2D eigenvalue weighted by atomic mass is 10.2. The number of pyridine rings is 1. The van der Waals surface area contributed by atoms with Gasteiger partial charge >= 0.3 is 0 Å². The minimum Gasteiger partial charge on any atom is -0.385 e. The van der Waals surface area contributed by atoms with E-state index in [1.807, 2.05) is 13.0 Å². The first-order valence-electron chi connectivity index (χ1n) is 6.17. The van der Waals surface area contributed by atoms with Crippen LogP contribution >= 0.6 is 0 Å². The number of nitrogens with one attached hydrogen (secondary N) is 2. The molecule has 0 fully saturated rings. The highest BCUT2D eigenvalue weighted by Crippen LogP contribution is 2.08. The van der Waals surface area contributed by atoms with Crippen LogP contribution < -0.4 is 10.6 Å². The zero-order valence-corrected chi connectivity index (χ0v) is 11.2. The molecule has 5 nitrogen and oxygen atoms in total. The zero-order valence-electron chi connectivity index (χ0n) is 11.2. The summed E-state index contributed by atoms with van der Waals surface area (Å²) in [5.41, 5.74) is 1.33. The van der Waals surface area contributed by atoms with Crippen LogP contribution in [0.1, 0.15) is 30.8 Å². The smallest absolute Gasteiger partial charge is 0.270 e. The van der Waals surface area contributed by atoms with E-state index in [1.165, 1.54) is 0 Å². The second-order valence-corrected chi connectivity index (χ2v) is 4.19. The maximum atomic E-state index is 11.9. The standard InChI is InChI=1S/C13H21N3O2/c1-4-6-14-11-5-7-15-12(8-11)13(17)16-10(2)9-18-3/h5,7-8,10H,4,6,9H2,1-3H3,(H,14,15)(H,16,17). The average Bonchev–Trinajstić information content (AvgIpc) is 2.37. The minimum atomic E-state index is -0.181. The number of rotatable bonds is 7. The number of carbonyl (C=O) groups is 1. The van der Waals surface area contributed by atoms with Crippen molar-refractivity contribution in [2.75, 3.05) is 25.6 Å². The van der Waals surface area contributed by atoms with Gasteiger partial charge in [0.05, 0.1) is 6.61 Å². The van der Waals surface area contributed by atoms with E-state index >= 15 is 0 Å². The van der Waals surface area contributed by atoms with Crippen LogP contribution in [0.2, 0.25) is 0 Å². The first-order valence-corrected chi connectivity index (χ1v) is 6.17. The summed E-state index contributed by atoms with van der Waals surface area (Å²) >= 11 is 0. The molecule has 1 amide bonds. The van der Waals surface area contributed by atoms with Gasteiger partial charge in [-0.25, -0.2) is 0 Å². The molecule has 1 heterocycles. The highest BCUT2D eigenvalue weighted by Gasteiger charge is 2.11. The lowest BCUT2D eigenvalue weighted by molar-refractivity contribution is 0.0900. The Morgan fingerprint density at radius 3 is 3.00 bits per heavy atom. The lowest BCUT2D eigenvalue weighted by Crippen LogP contribution is -2.36. The first-order chi connectivity index (χ1) is 8.67. The van der Waals surface area contributed by atoms with Crippen molar-refractivity contribution in [1.82, 2.24) is 10.3 Å². The molecule has 0 aromatic carbocycles. The Hall–Kier alpha value is -1.62. The van der Waals surface area contributed by atoms with Gasteiger partial charge in [-0.2, -0.15) is 0 Å². The van der Waals surface area contributed by atoms with Crippen molar-refractivity contribution in [3.63, 3.8) is 0 Å². The quantitative estimate of drug-likeness (QED) is 0.773. The molecule has 0 aliphatic rings. The van der Waals surface area contributed by atoms with Crippen molar-refractivity contribution >= 4 is 11.6 Å². The van der Waals surface area contributed by atoms with Gasteiger partial charge in [-0.1, -0.05) is 6.92 Å². The molecule has 1 rings (SSSR count). The molecule has 0 spiro atoms. The van der Waals surface area contributed by atoms with Crippen LogP contribution in [0.5, 0.6) is 0 Å². The molecule has 18 heavy (non-hydrogen) atoms. The maximum absolute atomic E-state index is 11.9. The van der Waals surface area contributed by atoms with Gasteiger partial charge in [0.25, 0.3) is 5.91 Å². The van der Waals surface area contributed by atoms with Crippen LogP contribution in [0.15, 0.2) is 18.3 Å². The number of amides is 1. The fraction of sp³-hybridized carbons (Fsp3) is 0.538. The Morgan fingerprint density at radius 1 is 1.56 bits per heavy atom. The van der Waals surface area contributed by atoms with Crippen LogP contribution in [0.4, 0.5) is 5.69 Å². The number of nitrogens with zero attached hydrogens (tertiary/aromatic N) is 1. The highest BCUT2D eigenvalue weighted by molar-refractivity contribution is 5.93. The molecule has 1 unspecified atom stereocenters. The van der Waals surface area contributed by atoms with E-state index in [0.717, 1.165) is 18.7 Å². The van der Waals surface area contributed by atoms with Crippen molar-refractivity contribution in [3.8, 4) is 0 Å². The fourth-order valence-electron chi connectivity index (χ4n) is 1.52. The van der Waals surface area contributed by atoms with E-state index in [-0.39, 0.29) is 11.9 Å². The molecule has 0 bridgehead atoms. The number of anilines is 1. The van der Waals surface area contributed by atoms with Crippen LogP contribution in [-0.4, -0.2) is 37.2 Å². The molecule has 1 aromatic rings. The summed E-state index contributed by atoms with van der Waals surface area (Å²) in [6, 6.07) is 3.58. The monoisotopic (exact) mass is 251 g/mol. The van der Waals surface area contributed by atoms with Gasteiger partial charge in [-0.15, -0.1) is 0 Å². The van der Waals surface area contributed by atoms with E-state index in [9.17, 15) is 4.79 Å². The van der Waals surface area contributed by atoms with Crippen LogP contribution in [-0.2, 0) is 4.74 Å². The summed E-state index contributed by atoms with van der Waals surface area (Å²) in [5.74, 6) is -0.181. The average molecular weight is 251 g/mol. The Morgan fingerprint density at radius 2 is 2.33 bits per heavy atom. The van der Waals surface area contributed by atoms with E-state index in [2.05, 4.69) is 22.5 Å². The molecule has 0 saturated carbocycles. The van der Waals surface area contributed by atoms with Crippen molar-refractivity contribution in [3.05, 3.63) is 24.0 Å². The number of ether oxygens (including phenoxy) is 1. The van der Waals surface area contributed by atoms with E-state index in [1.54, 1.807) is 19.4 Å². The van der Waals surface area contributed by atoms with Crippen molar-refractivity contribution in [2.45, 2.75) is 26.3 Å². The molecule has 0 aliphatic carbocycles. The fourth-order valence-corrected chi connectivity index (χ4v) is 1.52. The van der Waals surface area contributed by atoms with Gasteiger partial charge in [0, 0.05) is 31.6 Å². The van der Waals surface area contributed by atoms with Crippen LogP contribution in [0, 0.1) is 0 Å². The number of carbonyl (C=O) groups excluding carboxylic acids is 1. The lowest BCUT2D eigenvalue weighted by Gasteiger charge is -2.12. The zero-order chi connectivity index (χ0) is 13.4. The molecule has 5 heteroatoms. The third kappa shape index (κ3) is 4.71. The van der Waals surface area contributed by atoms with E-state index in [0.29, 0.717) is 12.3 Å². The Kier molecular flexibility index (Phi) is 6.14. The van der Waals surface area contributed by atoms with Gasteiger partial charge in [0.2, 0.25) is 0 Å². The van der Waals surface area contributed by atoms with Gasteiger partial charge < -0.3 is 15.4 Å². The molecule has 1 aromatic heterocycles. The van der Waals surface area contributed by atoms with Gasteiger partial charge in [-0.05, 0) is 25.5 Å². The third-order valence-corrected chi connectivity index (χ3v) is 2.37. The SMILES string of the molecule is CCCNc1ccnc(C(=O)NC(C)COC)c1. The predicted molar refractivity (Wildman–Crippen MR) is 71.8 cm³/mol. The summed E-state index contributed by atoms with van der Waals surface area (Å²) in [6.07, 6.45) is 2.67. The largest absolute Gasteiger partial charge is 0.385 e. The van der Waals surface area contributed by atoms with Gasteiger partial charge in [-0.3, -0.25) is 9.78 Å². The Balaban J connectivity index is 2.62. The molecule has 0 saturated heterocycles. The topological polar surface area (TPSA) is 63.2 Å². The van der Waals surface area contributed by atoms with Crippen molar-refractivity contribution < 1.29 is 9.53 Å². The second-order valence-electron chi connectivity index (χ2n) is 4.19. The van der Waals surface area contributed by atoms with Crippen LogP contribution in [0.3, 0.4) is 0 Å². The Labute approximate surface area is 108 Å². The van der Waals surface area contributed by atoms with E-state index < -0.39 is 0 Å². The minimum absolute atomic E-state index is 0.0310. The number of methoxy groups -OCH3 is 1. The molecular formula is C13H21N3O2. The summed E-state index contributed by atoms with van der Waals surface area (Å²) in [6.45, 7) is 5.35. The van der Waals surface area contributed by atoms with Crippen molar-refractivity contribution in [1.29, 1.82) is 0 Å². The van der Waals surface area contributed by atoms with Gasteiger partial charge in [0.1, 0.15) is 5.69 Å². The third-order valence-electron chi connectivity index (χ3n) is 2.37. The second kappa shape index (κ2) is 7.66. The molecule has 100 valence electrons. The molecule has 2 N–H and O–H groups in total. The van der Waals surface area contributed by atoms with Crippen LogP contribution in [0.25, 0.3) is 0 Å². The van der Waals surface area contributed by atoms with Crippen molar-refractivity contribution in [2.24, 2.45) is 0 Å². The first kappa shape index (κ1) is 14.4. The molecule has 1 atom stereocenters.